The number of carbonyl (C=O) groups excluding carboxylic acids is 1. The average molecular weight is 288 g/mol. The van der Waals surface area contributed by atoms with Gasteiger partial charge < -0.3 is 15.8 Å². The van der Waals surface area contributed by atoms with Crippen LogP contribution in [-0.2, 0) is 4.79 Å². The molecular formula is C16H17FN2O2. The van der Waals surface area contributed by atoms with E-state index in [1.807, 2.05) is 12.1 Å². The fraction of sp³-hybridized carbons (Fsp3) is 0.188. The summed E-state index contributed by atoms with van der Waals surface area (Å²) in [6.07, 6.45) is 0.186. The number of halogens is 1. The predicted molar refractivity (Wildman–Crippen MR) is 80.7 cm³/mol. The zero-order chi connectivity index (χ0) is 15.2. The molecule has 0 radical (unpaired) electrons. The summed E-state index contributed by atoms with van der Waals surface area (Å²) < 4.78 is 18.4. The van der Waals surface area contributed by atoms with Crippen molar-refractivity contribution in [3.63, 3.8) is 0 Å². The SMILES string of the molecule is Cc1cc(F)ccc1NC(=O)CCOc1ccccc1N. The average Bonchev–Trinajstić information content (AvgIpc) is 2.44. The summed E-state index contributed by atoms with van der Waals surface area (Å²) in [6.45, 7) is 1.96. The van der Waals surface area contributed by atoms with Crippen LogP contribution < -0.4 is 15.8 Å². The molecule has 0 heterocycles. The maximum atomic E-state index is 13.0. The van der Waals surface area contributed by atoms with Crippen molar-refractivity contribution in [3.8, 4) is 5.75 Å². The van der Waals surface area contributed by atoms with E-state index >= 15 is 0 Å². The summed E-state index contributed by atoms with van der Waals surface area (Å²) >= 11 is 0. The van der Waals surface area contributed by atoms with E-state index in [0.717, 1.165) is 0 Å². The molecule has 3 N–H and O–H groups in total. The van der Waals surface area contributed by atoms with Gasteiger partial charge in [-0.2, -0.15) is 0 Å². The van der Waals surface area contributed by atoms with Gasteiger partial charge in [-0.15, -0.1) is 0 Å². The second kappa shape index (κ2) is 6.74. The van der Waals surface area contributed by atoms with Crippen molar-refractivity contribution < 1.29 is 13.9 Å². The molecule has 0 fully saturated rings. The normalized spacial score (nSPS) is 10.2. The minimum atomic E-state index is -0.326. The van der Waals surface area contributed by atoms with Crippen molar-refractivity contribution in [2.75, 3.05) is 17.7 Å². The standard InChI is InChI=1S/C16H17FN2O2/c1-11-10-12(17)6-7-14(11)19-16(20)8-9-21-15-5-3-2-4-13(15)18/h2-7,10H,8-9,18H2,1H3,(H,19,20). The third-order valence-corrected chi connectivity index (χ3v) is 2.97. The van der Waals surface area contributed by atoms with E-state index in [-0.39, 0.29) is 24.8 Å². The quantitative estimate of drug-likeness (QED) is 0.831. The first-order valence-electron chi connectivity index (χ1n) is 6.59. The highest BCUT2D eigenvalue weighted by Crippen LogP contribution is 2.20. The van der Waals surface area contributed by atoms with E-state index in [1.165, 1.54) is 12.1 Å². The fourth-order valence-electron chi connectivity index (χ4n) is 1.85. The van der Waals surface area contributed by atoms with Gasteiger partial charge in [0.05, 0.1) is 18.7 Å². The molecule has 0 bridgehead atoms. The van der Waals surface area contributed by atoms with Crippen molar-refractivity contribution in [1.82, 2.24) is 0 Å². The van der Waals surface area contributed by atoms with Crippen LogP contribution in [0.1, 0.15) is 12.0 Å². The Morgan fingerprint density at radius 1 is 1.29 bits per heavy atom. The summed E-state index contributed by atoms with van der Waals surface area (Å²) in [7, 11) is 0. The molecule has 21 heavy (non-hydrogen) atoms. The van der Waals surface area contributed by atoms with Crippen molar-refractivity contribution in [2.45, 2.75) is 13.3 Å². The maximum absolute atomic E-state index is 13.0. The van der Waals surface area contributed by atoms with E-state index in [0.29, 0.717) is 22.7 Å². The van der Waals surface area contributed by atoms with Crippen LogP contribution in [0.5, 0.6) is 5.75 Å². The van der Waals surface area contributed by atoms with Gasteiger partial charge in [-0.3, -0.25) is 4.79 Å². The molecule has 5 heteroatoms. The zero-order valence-corrected chi connectivity index (χ0v) is 11.7. The fourth-order valence-corrected chi connectivity index (χ4v) is 1.85. The summed E-state index contributed by atoms with van der Waals surface area (Å²) in [5.41, 5.74) is 7.54. The Morgan fingerprint density at radius 3 is 2.76 bits per heavy atom. The molecular weight excluding hydrogens is 271 g/mol. The monoisotopic (exact) mass is 288 g/mol. The summed E-state index contributed by atoms with van der Waals surface area (Å²) in [4.78, 5) is 11.8. The number of nitrogens with one attached hydrogen (secondary N) is 1. The number of benzene rings is 2. The first-order valence-corrected chi connectivity index (χ1v) is 6.59. The van der Waals surface area contributed by atoms with Gasteiger partial charge in [0.25, 0.3) is 0 Å². The van der Waals surface area contributed by atoms with E-state index in [2.05, 4.69) is 5.32 Å². The molecule has 2 aromatic carbocycles. The number of ether oxygens (including phenoxy) is 1. The van der Waals surface area contributed by atoms with Gasteiger partial charge in [0, 0.05) is 5.69 Å². The number of nitrogen functional groups attached to an aromatic ring is 1. The molecule has 0 aromatic heterocycles. The van der Waals surface area contributed by atoms with E-state index in [1.54, 1.807) is 25.1 Å². The molecule has 0 aliphatic carbocycles. The van der Waals surface area contributed by atoms with Gasteiger partial charge in [-0.25, -0.2) is 4.39 Å². The highest BCUT2D eigenvalue weighted by atomic mass is 19.1. The second-order valence-corrected chi connectivity index (χ2v) is 4.64. The molecule has 2 aromatic rings. The molecule has 0 saturated heterocycles. The molecule has 2 rings (SSSR count). The Hall–Kier alpha value is -2.56. The molecule has 0 spiro atoms. The van der Waals surface area contributed by atoms with E-state index in [9.17, 15) is 9.18 Å². The summed E-state index contributed by atoms with van der Waals surface area (Å²) in [6, 6.07) is 11.3. The third kappa shape index (κ3) is 4.21. The molecule has 1 amide bonds. The lowest BCUT2D eigenvalue weighted by Gasteiger charge is -2.10. The van der Waals surface area contributed by atoms with Crippen LogP contribution in [-0.4, -0.2) is 12.5 Å². The molecule has 0 atom stereocenters. The highest BCUT2D eigenvalue weighted by molar-refractivity contribution is 5.91. The predicted octanol–water partition coefficient (Wildman–Crippen LogP) is 3.12. The van der Waals surface area contributed by atoms with E-state index < -0.39 is 0 Å². The van der Waals surface area contributed by atoms with Crippen molar-refractivity contribution >= 4 is 17.3 Å². The Balaban J connectivity index is 1.84. The molecule has 110 valence electrons. The Labute approximate surface area is 122 Å². The number of para-hydroxylation sites is 2. The largest absolute Gasteiger partial charge is 0.491 e. The van der Waals surface area contributed by atoms with Gasteiger partial charge in [0.15, 0.2) is 0 Å². The maximum Gasteiger partial charge on any atom is 0.227 e. The topological polar surface area (TPSA) is 64.3 Å². The van der Waals surface area contributed by atoms with Crippen LogP contribution in [0.3, 0.4) is 0 Å². The minimum absolute atomic E-state index is 0.186. The van der Waals surface area contributed by atoms with Gasteiger partial charge in [-0.05, 0) is 42.8 Å². The molecule has 4 nitrogen and oxygen atoms in total. The lowest BCUT2D eigenvalue weighted by molar-refractivity contribution is -0.116. The van der Waals surface area contributed by atoms with Gasteiger partial charge in [0.2, 0.25) is 5.91 Å². The van der Waals surface area contributed by atoms with Crippen LogP contribution in [0, 0.1) is 12.7 Å². The number of hydrogen-bond donors (Lipinski definition) is 2. The Morgan fingerprint density at radius 2 is 2.05 bits per heavy atom. The lowest BCUT2D eigenvalue weighted by Crippen LogP contribution is -2.16. The van der Waals surface area contributed by atoms with Gasteiger partial charge in [0.1, 0.15) is 11.6 Å². The third-order valence-electron chi connectivity index (χ3n) is 2.97. The van der Waals surface area contributed by atoms with Crippen molar-refractivity contribution in [3.05, 3.63) is 53.8 Å². The first kappa shape index (κ1) is 14.8. The Kier molecular flexibility index (Phi) is 4.77. The number of carbonyl (C=O) groups is 1. The van der Waals surface area contributed by atoms with Crippen LogP contribution in [0.2, 0.25) is 0 Å². The van der Waals surface area contributed by atoms with Crippen LogP contribution in [0.25, 0.3) is 0 Å². The Bertz CT molecular complexity index is 644. The molecule has 0 saturated carbocycles. The van der Waals surface area contributed by atoms with Gasteiger partial charge in [-0.1, -0.05) is 12.1 Å². The smallest absolute Gasteiger partial charge is 0.227 e. The summed E-state index contributed by atoms with van der Waals surface area (Å²) in [5, 5.41) is 2.72. The van der Waals surface area contributed by atoms with Crippen molar-refractivity contribution in [1.29, 1.82) is 0 Å². The number of hydrogen-bond acceptors (Lipinski definition) is 3. The van der Waals surface area contributed by atoms with Crippen LogP contribution >= 0.6 is 0 Å². The van der Waals surface area contributed by atoms with Crippen LogP contribution in [0.4, 0.5) is 15.8 Å². The second-order valence-electron chi connectivity index (χ2n) is 4.64. The van der Waals surface area contributed by atoms with Crippen LogP contribution in [0.15, 0.2) is 42.5 Å². The first-order chi connectivity index (χ1) is 10.1. The van der Waals surface area contributed by atoms with E-state index in [4.69, 9.17) is 10.5 Å². The molecule has 0 unspecified atom stereocenters. The lowest BCUT2D eigenvalue weighted by atomic mass is 10.2. The number of anilines is 2. The minimum Gasteiger partial charge on any atom is -0.491 e. The molecule has 0 aliphatic rings. The zero-order valence-electron chi connectivity index (χ0n) is 11.7. The number of nitrogens with two attached hydrogens (primary N) is 1. The summed E-state index contributed by atoms with van der Waals surface area (Å²) in [5.74, 6) is 0.0378. The highest BCUT2D eigenvalue weighted by Gasteiger charge is 2.06. The number of aryl methyl sites for hydroxylation is 1. The van der Waals surface area contributed by atoms with Gasteiger partial charge >= 0.3 is 0 Å². The number of amides is 1. The number of rotatable bonds is 5. The molecule has 0 aliphatic heterocycles. The van der Waals surface area contributed by atoms with Crippen molar-refractivity contribution in [2.24, 2.45) is 0 Å².